The van der Waals surface area contributed by atoms with Gasteiger partial charge in [-0.1, -0.05) is 38.3 Å². The minimum Gasteiger partial charge on any atom is -0.506 e. The number of nitrogens with zero attached hydrogens (tertiary/aromatic N) is 3. The van der Waals surface area contributed by atoms with Gasteiger partial charge in [0.1, 0.15) is 11.6 Å². The van der Waals surface area contributed by atoms with E-state index < -0.39 is 23.4 Å². The number of halogens is 3. The third kappa shape index (κ3) is 6.68. The van der Waals surface area contributed by atoms with Crippen molar-refractivity contribution in [2.75, 3.05) is 0 Å². The maximum atomic E-state index is 13.9. The lowest BCUT2D eigenvalue weighted by atomic mass is 9.89. The molecular formula is C27H29F3N4O. The van der Waals surface area contributed by atoms with Crippen molar-refractivity contribution >= 4 is 17.6 Å². The normalized spacial score (nSPS) is 12.9. The number of aliphatic imine (C=N–C) groups is 1. The number of phenols is 1. The van der Waals surface area contributed by atoms with Crippen LogP contribution in [0.2, 0.25) is 0 Å². The standard InChI is InChI=1S/C27H29F3N4O/c1-4-5-6-7-21(20-13-22(28)27(30)23(29)14-20)18(3)33-26(31)11-9-19-8-10-24(25(35)12-19)34-15-17(2)32-16-34/h8-16,21,31,35H,4-7H2,1-3H3/b11-9+,31-26?,33-18+. The molecule has 3 aromatic rings. The Kier molecular flexibility index (Phi) is 8.63. The predicted octanol–water partition coefficient (Wildman–Crippen LogP) is 7.12. The Morgan fingerprint density at radius 2 is 1.89 bits per heavy atom. The van der Waals surface area contributed by atoms with E-state index in [0.717, 1.165) is 37.1 Å². The van der Waals surface area contributed by atoms with E-state index in [9.17, 15) is 18.3 Å². The van der Waals surface area contributed by atoms with E-state index in [1.165, 1.54) is 6.08 Å². The molecule has 2 aromatic carbocycles. The number of amidine groups is 1. The Balaban J connectivity index is 1.79. The molecule has 184 valence electrons. The van der Waals surface area contributed by atoms with Crippen molar-refractivity contribution in [3.05, 3.63) is 83.2 Å². The summed E-state index contributed by atoms with van der Waals surface area (Å²) in [6, 6.07) is 7.11. The van der Waals surface area contributed by atoms with Crippen LogP contribution in [0.15, 0.2) is 53.9 Å². The molecule has 3 rings (SSSR count). The topological polar surface area (TPSA) is 74.3 Å². The molecule has 0 saturated carbocycles. The fraction of sp³-hybridized carbons (Fsp3) is 0.296. The summed E-state index contributed by atoms with van der Waals surface area (Å²) < 4.78 is 42.9. The van der Waals surface area contributed by atoms with E-state index in [1.807, 2.05) is 6.92 Å². The lowest BCUT2D eigenvalue weighted by Gasteiger charge is -2.18. The van der Waals surface area contributed by atoms with Crippen LogP contribution in [0.3, 0.4) is 0 Å². The molecule has 1 unspecified atom stereocenters. The molecule has 2 N–H and O–H groups in total. The Hall–Kier alpha value is -3.68. The van der Waals surface area contributed by atoms with E-state index in [2.05, 4.69) is 16.9 Å². The van der Waals surface area contributed by atoms with E-state index in [1.54, 1.807) is 48.3 Å². The number of hydrogen-bond acceptors (Lipinski definition) is 3. The fourth-order valence-corrected chi connectivity index (χ4v) is 3.89. The van der Waals surface area contributed by atoms with E-state index in [4.69, 9.17) is 5.41 Å². The van der Waals surface area contributed by atoms with E-state index in [0.29, 0.717) is 28.9 Å². The molecule has 0 aliphatic rings. The highest BCUT2D eigenvalue weighted by molar-refractivity contribution is 6.04. The first-order chi connectivity index (χ1) is 16.7. The van der Waals surface area contributed by atoms with Crippen LogP contribution in [0, 0.1) is 29.8 Å². The maximum Gasteiger partial charge on any atom is 0.194 e. The van der Waals surface area contributed by atoms with Crippen LogP contribution in [0.25, 0.3) is 11.8 Å². The molecule has 0 radical (unpaired) electrons. The van der Waals surface area contributed by atoms with Gasteiger partial charge in [0.25, 0.3) is 0 Å². The summed E-state index contributed by atoms with van der Waals surface area (Å²) in [5.74, 6) is -4.41. The monoisotopic (exact) mass is 482 g/mol. The highest BCUT2D eigenvalue weighted by Crippen LogP contribution is 2.28. The first-order valence-electron chi connectivity index (χ1n) is 11.5. The molecule has 1 atom stereocenters. The van der Waals surface area contributed by atoms with Gasteiger partial charge in [-0.3, -0.25) is 5.41 Å². The molecule has 5 nitrogen and oxygen atoms in total. The van der Waals surface area contributed by atoms with Crippen molar-refractivity contribution in [2.45, 2.75) is 52.4 Å². The molecule has 0 bridgehead atoms. The van der Waals surface area contributed by atoms with Crippen molar-refractivity contribution < 1.29 is 18.3 Å². The molecule has 8 heteroatoms. The van der Waals surface area contributed by atoms with Crippen molar-refractivity contribution in [1.29, 1.82) is 5.41 Å². The van der Waals surface area contributed by atoms with Crippen molar-refractivity contribution in [3.63, 3.8) is 0 Å². The zero-order valence-corrected chi connectivity index (χ0v) is 20.0. The second-order valence-corrected chi connectivity index (χ2v) is 8.49. The van der Waals surface area contributed by atoms with Gasteiger partial charge in [0.05, 0.1) is 17.7 Å². The van der Waals surface area contributed by atoms with Crippen LogP contribution in [0.1, 0.15) is 62.3 Å². The summed E-state index contributed by atoms with van der Waals surface area (Å²) in [6.07, 6.45) is 9.83. The van der Waals surface area contributed by atoms with Gasteiger partial charge < -0.3 is 9.67 Å². The zero-order valence-electron chi connectivity index (χ0n) is 20.0. The number of imidazole rings is 1. The maximum absolute atomic E-state index is 13.9. The first-order valence-corrected chi connectivity index (χ1v) is 11.5. The number of phenolic OH excluding ortho intramolecular Hbond substituents is 1. The average molecular weight is 483 g/mol. The number of rotatable bonds is 9. The second kappa shape index (κ2) is 11.6. The van der Waals surface area contributed by atoms with E-state index in [-0.39, 0.29) is 11.6 Å². The number of aromatic hydroxyl groups is 1. The summed E-state index contributed by atoms with van der Waals surface area (Å²) in [5.41, 5.74) is 2.89. The third-order valence-corrected chi connectivity index (χ3v) is 5.73. The molecular weight excluding hydrogens is 453 g/mol. The van der Waals surface area contributed by atoms with Gasteiger partial charge in [-0.25, -0.2) is 23.1 Å². The molecule has 1 aromatic heterocycles. The van der Waals surface area contributed by atoms with E-state index >= 15 is 0 Å². The Morgan fingerprint density at radius 1 is 1.17 bits per heavy atom. The third-order valence-electron chi connectivity index (χ3n) is 5.73. The summed E-state index contributed by atoms with van der Waals surface area (Å²) in [7, 11) is 0. The highest BCUT2D eigenvalue weighted by atomic mass is 19.2. The van der Waals surface area contributed by atoms with Crippen molar-refractivity contribution in [1.82, 2.24) is 9.55 Å². The van der Waals surface area contributed by atoms with Crippen LogP contribution in [0.5, 0.6) is 5.75 Å². The SMILES string of the molecule is CCCCCC(/C(C)=N/C(=N)/C=C/c1ccc(-n2cnc(C)c2)c(O)c1)c1cc(F)c(F)c(F)c1. The Morgan fingerprint density at radius 3 is 2.49 bits per heavy atom. The van der Waals surface area contributed by atoms with Gasteiger partial charge in [-0.05, 0) is 61.7 Å². The Bertz CT molecular complexity index is 1240. The zero-order chi connectivity index (χ0) is 25.5. The van der Waals surface area contributed by atoms with Gasteiger partial charge in [0.2, 0.25) is 0 Å². The first kappa shape index (κ1) is 25.9. The number of unbranched alkanes of at least 4 members (excludes halogenated alkanes) is 2. The minimum absolute atomic E-state index is 0.0557. The summed E-state index contributed by atoms with van der Waals surface area (Å²) >= 11 is 0. The minimum atomic E-state index is -1.50. The van der Waals surface area contributed by atoms with Gasteiger partial charge in [-0.2, -0.15) is 0 Å². The summed E-state index contributed by atoms with van der Waals surface area (Å²) in [5, 5.41) is 18.6. The van der Waals surface area contributed by atoms with Gasteiger partial charge in [0.15, 0.2) is 17.5 Å². The number of aromatic nitrogens is 2. The molecule has 0 spiro atoms. The van der Waals surface area contributed by atoms with Crippen LogP contribution in [0.4, 0.5) is 13.2 Å². The van der Waals surface area contributed by atoms with Gasteiger partial charge >= 0.3 is 0 Å². The quantitative estimate of drug-likeness (QED) is 0.147. The van der Waals surface area contributed by atoms with Crippen LogP contribution in [-0.4, -0.2) is 26.2 Å². The van der Waals surface area contributed by atoms with Crippen molar-refractivity contribution in [3.8, 4) is 11.4 Å². The van der Waals surface area contributed by atoms with Gasteiger partial charge in [0, 0.05) is 17.8 Å². The van der Waals surface area contributed by atoms with Crippen LogP contribution in [-0.2, 0) is 0 Å². The lowest BCUT2D eigenvalue weighted by Crippen LogP contribution is -2.12. The summed E-state index contributed by atoms with van der Waals surface area (Å²) in [4.78, 5) is 8.47. The molecule has 35 heavy (non-hydrogen) atoms. The van der Waals surface area contributed by atoms with Crippen LogP contribution >= 0.6 is 0 Å². The molecule has 0 saturated heterocycles. The largest absolute Gasteiger partial charge is 0.506 e. The lowest BCUT2D eigenvalue weighted by molar-refractivity contribution is 0.444. The van der Waals surface area contributed by atoms with Crippen molar-refractivity contribution in [2.24, 2.45) is 4.99 Å². The number of benzene rings is 2. The average Bonchev–Trinajstić information content (AvgIpc) is 3.24. The highest BCUT2D eigenvalue weighted by Gasteiger charge is 2.20. The van der Waals surface area contributed by atoms with Gasteiger partial charge in [-0.15, -0.1) is 0 Å². The summed E-state index contributed by atoms with van der Waals surface area (Å²) in [6.45, 7) is 5.61. The van der Waals surface area contributed by atoms with Crippen LogP contribution < -0.4 is 0 Å². The number of aryl methyl sites for hydroxylation is 1. The number of hydrogen-bond donors (Lipinski definition) is 2. The second-order valence-electron chi connectivity index (χ2n) is 8.49. The molecule has 0 fully saturated rings. The molecule has 0 aliphatic carbocycles. The molecule has 0 amide bonds. The number of nitrogens with one attached hydrogen (secondary N) is 1. The molecule has 0 aliphatic heterocycles. The smallest absolute Gasteiger partial charge is 0.194 e. The predicted molar refractivity (Wildman–Crippen MR) is 133 cm³/mol. The molecule has 1 heterocycles. The fourth-order valence-electron chi connectivity index (χ4n) is 3.89. The Labute approximate surface area is 203 Å².